The van der Waals surface area contributed by atoms with Crippen LogP contribution >= 0.6 is 11.6 Å². The van der Waals surface area contributed by atoms with Crippen LogP contribution in [0.25, 0.3) is 0 Å². The van der Waals surface area contributed by atoms with Gasteiger partial charge in [0.1, 0.15) is 12.2 Å². The monoisotopic (exact) mass is 333 g/mol. The summed E-state index contributed by atoms with van der Waals surface area (Å²) in [7, 11) is 0. The van der Waals surface area contributed by atoms with E-state index in [0.717, 1.165) is 0 Å². The van der Waals surface area contributed by atoms with Gasteiger partial charge in [-0.05, 0) is 18.5 Å². The van der Waals surface area contributed by atoms with Crippen molar-refractivity contribution in [2.45, 2.75) is 37.0 Å². The summed E-state index contributed by atoms with van der Waals surface area (Å²) in [6, 6.07) is 0. The molecular weight excluding hydrogens is 321 g/mol. The number of halogens is 2. The zero-order chi connectivity index (χ0) is 16.7. The van der Waals surface area contributed by atoms with Crippen LogP contribution in [0.15, 0.2) is 15.8 Å². The second-order valence-electron chi connectivity index (χ2n) is 4.93. The largest absolute Gasteiger partial charge is 0.391 e. The molecule has 8 nitrogen and oxygen atoms in total. The Labute approximate surface area is 128 Å². The third-order valence-electron chi connectivity index (χ3n) is 3.41. The number of rotatable bonds is 2. The predicted octanol–water partition coefficient (Wildman–Crippen LogP) is -1.79. The molecule has 1 aliphatic heterocycles. The van der Waals surface area contributed by atoms with E-state index in [1.165, 1.54) is 6.92 Å². The number of hydrogen-bond donors (Lipinski definition) is 4. The summed E-state index contributed by atoms with van der Waals surface area (Å²) in [6.07, 6.45) is -4.73. The van der Waals surface area contributed by atoms with Crippen molar-refractivity contribution in [3.63, 3.8) is 0 Å². The van der Waals surface area contributed by atoms with E-state index in [9.17, 15) is 24.2 Å². The summed E-state index contributed by atoms with van der Waals surface area (Å²) in [4.78, 5) is 24.6. The fraction of sp³-hybridized carbons (Fsp3) is 0.500. The predicted molar refractivity (Wildman–Crippen MR) is 73.4 cm³/mol. The molecule has 22 heavy (non-hydrogen) atoms. The van der Waals surface area contributed by atoms with Crippen LogP contribution in [-0.2, 0) is 4.74 Å². The zero-order valence-corrected chi connectivity index (χ0v) is 12.0. The zero-order valence-electron chi connectivity index (χ0n) is 11.3. The minimum Gasteiger partial charge on any atom is -0.391 e. The number of nitrogens with zero attached hydrogens (tertiary/aromatic N) is 1. The minimum atomic E-state index is -1.89. The standard InChI is InChI=1S/C12H13ClFN3O5/c1-5(18)7-8(19)12(15,2-3-13)10(22-7)17-4-6(14)9(20)16-11(17)21/h4-5,7-8,10,18-19H,15H2,1H3,(H,16,20,21)/t5-,7+,8?,10+,12+/m0/s1. The quantitative estimate of drug-likeness (QED) is 0.473. The Morgan fingerprint density at radius 1 is 1.64 bits per heavy atom. The topological polar surface area (TPSA) is 131 Å². The van der Waals surface area contributed by atoms with E-state index in [0.29, 0.717) is 10.8 Å². The lowest BCUT2D eigenvalue weighted by Crippen LogP contribution is -2.55. The Morgan fingerprint density at radius 2 is 2.27 bits per heavy atom. The molecule has 1 unspecified atom stereocenters. The number of ether oxygens (including phenoxy) is 1. The van der Waals surface area contributed by atoms with Crippen molar-refractivity contribution >= 4 is 11.6 Å². The van der Waals surface area contributed by atoms with Crippen LogP contribution in [-0.4, -0.2) is 43.6 Å². The highest BCUT2D eigenvalue weighted by Crippen LogP contribution is 2.37. The maximum atomic E-state index is 13.4. The maximum Gasteiger partial charge on any atom is 0.330 e. The van der Waals surface area contributed by atoms with Gasteiger partial charge in [-0.25, -0.2) is 4.79 Å². The minimum absolute atomic E-state index is 0.584. The van der Waals surface area contributed by atoms with Crippen molar-refractivity contribution in [2.75, 3.05) is 0 Å². The average molecular weight is 334 g/mol. The Bertz CT molecular complexity index is 752. The molecule has 0 spiro atoms. The molecule has 0 amide bonds. The van der Waals surface area contributed by atoms with Crippen molar-refractivity contribution in [1.29, 1.82) is 0 Å². The van der Waals surface area contributed by atoms with Gasteiger partial charge in [-0.15, -0.1) is 0 Å². The first-order chi connectivity index (χ1) is 10.2. The fourth-order valence-corrected chi connectivity index (χ4v) is 2.44. The van der Waals surface area contributed by atoms with Crippen LogP contribution < -0.4 is 17.0 Å². The third kappa shape index (κ3) is 2.55. The highest BCUT2D eigenvalue weighted by molar-refractivity contribution is 6.30. The Morgan fingerprint density at radius 3 is 2.82 bits per heavy atom. The molecule has 1 aliphatic rings. The molecule has 1 fully saturated rings. The molecule has 0 saturated carbocycles. The SMILES string of the molecule is C[C@H](O)[C@H]1O[C@@H](n2cc(F)c(=O)[nH]c2=O)[C@@](N)(C#CCl)C1O. The van der Waals surface area contributed by atoms with Crippen molar-refractivity contribution in [3.8, 4) is 11.3 Å². The van der Waals surface area contributed by atoms with Gasteiger partial charge in [-0.2, -0.15) is 4.39 Å². The van der Waals surface area contributed by atoms with Gasteiger partial charge in [0.25, 0.3) is 5.56 Å². The Hall–Kier alpha value is -1.70. The second-order valence-corrected chi connectivity index (χ2v) is 5.12. The van der Waals surface area contributed by atoms with Crippen LogP contribution in [0, 0.1) is 17.1 Å². The summed E-state index contributed by atoms with van der Waals surface area (Å²) in [5.74, 6) is 1.05. The van der Waals surface area contributed by atoms with Gasteiger partial charge in [0, 0.05) is 5.38 Å². The van der Waals surface area contributed by atoms with Crippen LogP contribution in [0.4, 0.5) is 4.39 Å². The molecule has 0 radical (unpaired) electrons. The third-order valence-corrected chi connectivity index (χ3v) is 3.51. The lowest BCUT2D eigenvalue weighted by molar-refractivity contribution is -0.0781. The van der Waals surface area contributed by atoms with Gasteiger partial charge in [0.05, 0.1) is 12.3 Å². The van der Waals surface area contributed by atoms with Gasteiger partial charge < -0.3 is 20.7 Å². The number of nitrogens with two attached hydrogens (primary N) is 1. The van der Waals surface area contributed by atoms with E-state index < -0.39 is 47.1 Å². The number of aromatic nitrogens is 2. The highest BCUT2D eigenvalue weighted by Gasteiger charge is 2.56. The number of aromatic amines is 1. The molecule has 5 atom stereocenters. The van der Waals surface area contributed by atoms with Gasteiger partial charge >= 0.3 is 5.69 Å². The summed E-state index contributed by atoms with van der Waals surface area (Å²) in [5, 5.41) is 21.8. The molecule has 2 rings (SSSR count). The molecule has 1 aromatic heterocycles. The number of H-pyrrole nitrogens is 1. The second kappa shape index (κ2) is 5.83. The molecule has 5 N–H and O–H groups in total. The van der Waals surface area contributed by atoms with E-state index in [1.54, 1.807) is 4.98 Å². The summed E-state index contributed by atoms with van der Waals surface area (Å²) in [5.41, 5.74) is 1.84. The van der Waals surface area contributed by atoms with Crippen LogP contribution in [0.2, 0.25) is 0 Å². The molecule has 2 heterocycles. The Balaban J connectivity index is 2.61. The van der Waals surface area contributed by atoms with E-state index in [2.05, 4.69) is 5.92 Å². The lowest BCUT2D eigenvalue weighted by atomic mass is 9.90. The van der Waals surface area contributed by atoms with Gasteiger partial charge in [-0.1, -0.05) is 5.92 Å². The van der Waals surface area contributed by atoms with E-state index in [1.807, 2.05) is 5.38 Å². The summed E-state index contributed by atoms with van der Waals surface area (Å²) < 4.78 is 19.4. The van der Waals surface area contributed by atoms with Crippen molar-refractivity contribution in [2.24, 2.45) is 5.73 Å². The van der Waals surface area contributed by atoms with Gasteiger partial charge in [-0.3, -0.25) is 14.3 Å². The van der Waals surface area contributed by atoms with E-state index in [4.69, 9.17) is 22.1 Å². The molecule has 0 bridgehead atoms. The number of hydrogen-bond acceptors (Lipinski definition) is 6. The fourth-order valence-electron chi connectivity index (χ4n) is 2.28. The maximum absolute atomic E-state index is 13.4. The van der Waals surface area contributed by atoms with E-state index in [-0.39, 0.29) is 0 Å². The van der Waals surface area contributed by atoms with Crippen LogP contribution in [0.1, 0.15) is 13.2 Å². The first kappa shape index (κ1) is 16.7. The Kier molecular flexibility index (Phi) is 4.42. The van der Waals surface area contributed by atoms with Crippen LogP contribution in [0.5, 0.6) is 0 Å². The molecule has 0 aliphatic carbocycles. The van der Waals surface area contributed by atoms with Crippen LogP contribution in [0.3, 0.4) is 0 Å². The number of aliphatic hydroxyl groups is 2. The summed E-state index contributed by atoms with van der Waals surface area (Å²) >= 11 is 5.32. The average Bonchev–Trinajstić information content (AvgIpc) is 2.68. The number of aliphatic hydroxyl groups excluding tert-OH is 2. The highest BCUT2D eigenvalue weighted by atomic mass is 35.5. The molecule has 10 heteroatoms. The first-order valence-corrected chi connectivity index (χ1v) is 6.54. The lowest BCUT2D eigenvalue weighted by Gasteiger charge is -2.27. The molecule has 120 valence electrons. The summed E-state index contributed by atoms with van der Waals surface area (Å²) in [6.45, 7) is 1.33. The molecule has 1 saturated heterocycles. The molecular formula is C12H13ClFN3O5. The first-order valence-electron chi connectivity index (χ1n) is 6.16. The smallest absolute Gasteiger partial charge is 0.330 e. The molecule has 0 aromatic carbocycles. The number of nitrogens with one attached hydrogen (secondary N) is 1. The van der Waals surface area contributed by atoms with Crippen molar-refractivity contribution in [1.82, 2.24) is 9.55 Å². The van der Waals surface area contributed by atoms with Gasteiger partial charge in [0.15, 0.2) is 11.8 Å². The molecule has 1 aromatic rings. The van der Waals surface area contributed by atoms with E-state index >= 15 is 0 Å². The van der Waals surface area contributed by atoms with Crippen molar-refractivity contribution in [3.05, 3.63) is 32.9 Å². The van der Waals surface area contributed by atoms with Gasteiger partial charge in [0.2, 0.25) is 5.82 Å². The normalized spacial score (nSPS) is 32.4. The van der Waals surface area contributed by atoms with Crippen molar-refractivity contribution < 1.29 is 19.3 Å².